The van der Waals surface area contributed by atoms with Crippen LogP contribution in [0.4, 0.5) is 14.9 Å². The summed E-state index contributed by atoms with van der Waals surface area (Å²) in [6.07, 6.45) is 4.11. The lowest BCUT2D eigenvalue weighted by molar-refractivity contribution is -0.123. The van der Waals surface area contributed by atoms with Gasteiger partial charge in [-0.25, -0.2) is 9.18 Å². The first kappa shape index (κ1) is 18.2. The van der Waals surface area contributed by atoms with Crippen LogP contribution in [-0.4, -0.2) is 29.9 Å². The van der Waals surface area contributed by atoms with E-state index in [9.17, 15) is 14.0 Å². The van der Waals surface area contributed by atoms with E-state index in [1.165, 1.54) is 24.6 Å². The molecule has 3 amide bonds. The van der Waals surface area contributed by atoms with Crippen LogP contribution in [0.5, 0.6) is 0 Å². The summed E-state index contributed by atoms with van der Waals surface area (Å²) in [5.74, 6) is -0.884. The molecular formula is C22H22FN3O2. The molecule has 2 saturated heterocycles. The second kappa shape index (κ2) is 7.46. The zero-order chi connectivity index (χ0) is 19.7. The number of amides is 3. The van der Waals surface area contributed by atoms with Gasteiger partial charge in [-0.05, 0) is 55.2 Å². The number of carbonyl (C=O) groups is 2. The summed E-state index contributed by atoms with van der Waals surface area (Å²) < 4.78 is 13.9. The average molecular weight is 379 g/mol. The molecule has 2 aromatic carbocycles. The topological polar surface area (TPSA) is 52.7 Å². The first-order valence-corrected chi connectivity index (χ1v) is 9.46. The smallest absolute Gasteiger partial charge is 0.329 e. The third-order valence-corrected chi connectivity index (χ3v) is 5.27. The average Bonchev–Trinajstić information content (AvgIpc) is 3.30. The summed E-state index contributed by atoms with van der Waals surface area (Å²) in [6.45, 7) is 4.03. The molecule has 0 spiro atoms. The summed E-state index contributed by atoms with van der Waals surface area (Å²) in [7, 11) is 0. The normalized spacial score (nSPS) is 18.3. The van der Waals surface area contributed by atoms with Gasteiger partial charge in [0.15, 0.2) is 0 Å². The third-order valence-electron chi connectivity index (χ3n) is 5.27. The predicted octanol–water partition coefficient (Wildman–Crippen LogP) is 3.83. The molecule has 5 nitrogen and oxygen atoms in total. The Morgan fingerprint density at radius 3 is 2.57 bits per heavy atom. The van der Waals surface area contributed by atoms with Gasteiger partial charge in [-0.15, -0.1) is 0 Å². The van der Waals surface area contributed by atoms with Crippen molar-refractivity contribution >= 4 is 23.7 Å². The van der Waals surface area contributed by atoms with Gasteiger partial charge in [0.1, 0.15) is 11.5 Å². The zero-order valence-electron chi connectivity index (χ0n) is 15.7. The van der Waals surface area contributed by atoms with Crippen molar-refractivity contribution in [3.05, 3.63) is 70.7 Å². The zero-order valence-corrected chi connectivity index (χ0v) is 15.7. The number of aryl methyl sites for hydroxylation is 1. The third kappa shape index (κ3) is 3.50. The van der Waals surface area contributed by atoms with Crippen LogP contribution in [0, 0.1) is 12.7 Å². The molecule has 2 heterocycles. The monoisotopic (exact) mass is 379 g/mol. The van der Waals surface area contributed by atoms with Gasteiger partial charge < -0.3 is 10.2 Å². The van der Waals surface area contributed by atoms with E-state index in [0.29, 0.717) is 5.56 Å². The second-order valence-electron chi connectivity index (χ2n) is 7.21. The minimum absolute atomic E-state index is 0.0957. The predicted molar refractivity (Wildman–Crippen MR) is 106 cm³/mol. The van der Waals surface area contributed by atoms with Crippen LogP contribution in [0.15, 0.2) is 48.2 Å². The van der Waals surface area contributed by atoms with Crippen molar-refractivity contribution in [1.82, 2.24) is 10.2 Å². The summed E-state index contributed by atoms with van der Waals surface area (Å²) >= 11 is 0. The highest BCUT2D eigenvalue weighted by Crippen LogP contribution is 2.25. The molecule has 2 aromatic rings. The maximum atomic E-state index is 13.9. The van der Waals surface area contributed by atoms with Gasteiger partial charge in [-0.3, -0.25) is 9.69 Å². The second-order valence-corrected chi connectivity index (χ2v) is 7.21. The Morgan fingerprint density at radius 2 is 1.86 bits per heavy atom. The van der Waals surface area contributed by atoms with Crippen molar-refractivity contribution in [2.75, 3.05) is 18.0 Å². The molecule has 0 atom stereocenters. The lowest BCUT2D eigenvalue weighted by Gasteiger charge is -2.18. The van der Waals surface area contributed by atoms with Crippen molar-refractivity contribution in [2.45, 2.75) is 26.3 Å². The summed E-state index contributed by atoms with van der Waals surface area (Å²) in [4.78, 5) is 28.3. The molecule has 28 heavy (non-hydrogen) atoms. The van der Waals surface area contributed by atoms with Gasteiger partial charge in [0.25, 0.3) is 5.91 Å². The molecule has 1 N–H and O–H groups in total. The lowest BCUT2D eigenvalue weighted by Crippen LogP contribution is -2.30. The molecule has 6 heteroatoms. The van der Waals surface area contributed by atoms with Crippen molar-refractivity contribution in [3.8, 4) is 0 Å². The Labute approximate surface area is 163 Å². The highest BCUT2D eigenvalue weighted by Gasteiger charge is 2.34. The first-order chi connectivity index (χ1) is 13.5. The molecule has 0 aliphatic carbocycles. The van der Waals surface area contributed by atoms with Crippen LogP contribution in [0.2, 0.25) is 0 Å². The fourth-order valence-electron chi connectivity index (χ4n) is 3.66. The van der Waals surface area contributed by atoms with Crippen molar-refractivity contribution in [3.63, 3.8) is 0 Å². The van der Waals surface area contributed by atoms with Gasteiger partial charge in [0.2, 0.25) is 0 Å². The molecule has 0 unspecified atom stereocenters. The number of halogens is 1. The Bertz CT molecular complexity index is 964. The maximum absolute atomic E-state index is 13.9. The van der Waals surface area contributed by atoms with E-state index in [2.05, 4.69) is 16.3 Å². The van der Waals surface area contributed by atoms with E-state index < -0.39 is 17.8 Å². The van der Waals surface area contributed by atoms with E-state index in [-0.39, 0.29) is 12.2 Å². The number of benzene rings is 2. The minimum Gasteiger partial charge on any atom is -0.372 e. The van der Waals surface area contributed by atoms with Crippen molar-refractivity contribution < 1.29 is 14.0 Å². The number of rotatable bonds is 4. The molecule has 0 saturated carbocycles. The van der Waals surface area contributed by atoms with E-state index >= 15 is 0 Å². The molecule has 0 bridgehead atoms. The van der Waals surface area contributed by atoms with Crippen LogP contribution >= 0.6 is 0 Å². The highest BCUT2D eigenvalue weighted by atomic mass is 19.1. The molecule has 4 rings (SSSR count). The van der Waals surface area contributed by atoms with Crippen LogP contribution in [0.25, 0.3) is 6.08 Å². The number of imide groups is 1. The molecule has 0 aromatic heterocycles. The number of urea groups is 1. The van der Waals surface area contributed by atoms with Crippen LogP contribution in [-0.2, 0) is 11.3 Å². The van der Waals surface area contributed by atoms with E-state index in [0.717, 1.165) is 29.1 Å². The maximum Gasteiger partial charge on any atom is 0.329 e. The minimum atomic E-state index is -0.536. The summed E-state index contributed by atoms with van der Waals surface area (Å²) in [6, 6.07) is 11.7. The Kier molecular flexibility index (Phi) is 4.86. The molecule has 2 aliphatic heterocycles. The van der Waals surface area contributed by atoms with Crippen molar-refractivity contribution in [2.24, 2.45) is 0 Å². The number of carbonyl (C=O) groups excluding carboxylic acids is 2. The lowest BCUT2D eigenvalue weighted by atomic mass is 10.1. The summed E-state index contributed by atoms with van der Waals surface area (Å²) in [5.41, 5.74) is 3.60. The largest absolute Gasteiger partial charge is 0.372 e. The molecule has 2 aliphatic rings. The first-order valence-electron chi connectivity index (χ1n) is 9.46. The van der Waals surface area contributed by atoms with E-state index in [1.54, 1.807) is 24.3 Å². The van der Waals surface area contributed by atoms with Crippen LogP contribution in [0.3, 0.4) is 0 Å². The number of anilines is 1. The standard InChI is InChI=1S/C22H22FN3O2/c1-15-12-18(25-10-4-5-11-25)9-8-16(15)13-20-21(27)26(22(28)24-20)14-17-6-2-3-7-19(17)23/h2-3,6-9,12-13H,4-5,10-11,14H2,1H3,(H,24,28). The van der Waals surface area contributed by atoms with Gasteiger partial charge in [-0.1, -0.05) is 24.3 Å². The van der Waals surface area contributed by atoms with Crippen molar-refractivity contribution in [1.29, 1.82) is 0 Å². The molecular weight excluding hydrogens is 357 g/mol. The van der Waals surface area contributed by atoms with Crippen LogP contribution in [0.1, 0.15) is 29.5 Å². The van der Waals surface area contributed by atoms with Crippen LogP contribution < -0.4 is 10.2 Å². The SMILES string of the molecule is Cc1cc(N2CCCC2)ccc1C=C1NC(=O)N(Cc2ccccc2F)C1=O. The van der Waals surface area contributed by atoms with Gasteiger partial charge in [0, 0.05) is 24.3 Å². The van der Waals surface area contributed by atoms with E-state index in [1.807, 2.05) is 19.1 Å². The Balaban J connectivity index is 1.54. The summed E-state index contributed by atoms with van der Waals surface area (Å²) in [5, 5.41) is 2.60. The number of nitrogens with zero attached hydrogens (tertiary/aromatic N) is 2. The van der Waals surface area contributed by atoms with Gasteiger partial charge in [0.05, 0.1) is 6.54 Å². The molecule has 2 fully saturated rings. The number of hydrogen-bond acceptors (Lipinski definition) is 3. The Morgan fingerprint density at radius 1 is 1.11 bits per heavy atom. The van der Waals surface area contributed by atoms with E-state index in [4.69, 9.17) is 0 Å². The van der Waals surface area contributed by atoms with Gasteiger partial charge in [-0.2, -0.15) is 0 Å². The fourth-order valence-corrected chi connectivity index (χ4v) is 3.66. The highest BCUT2D eigenvalue weighted by molar-refractivity contribution is 6.14. The number of hydrogen-bond donors (Lipinski definition) is 1. The number of nitrogens with one attached hydrogen (secondary N) is 1. The quantitative estimate of drug-likeness (QED) is 0.649. The molecule has 0 radical (unpaired) electrons. The Hall–Kier alpha value is -3.15. The molecule has 144 valence electrons. The fraction of sp³-hybridized carbons (Fsp3) is 0.273. The van der Waals surface area contributed by atoms with Gasteiger partial charge >= 0.3 is 6.03 Å².